The van der Waals surface area contributed by atoms with E-state index in [-0.39, 0.29) is 5.91 Å². The van der Waals surface area contributed by atoms with Gasteiger partial charge in [-0.1, -0.05) is 6.92 Å². The maximum Gasteiger partial charge on any atom is 0.326 e. The largest absolute Gasteiger partial charge is 0.480 e. The van der Waals surface area contributed by atoms with Gasteiger partial charge in [0.1, 0.15) is 6.04 Å². The topological polar surface area (TPSA) is 69.6 Å². The van der Waals surface area contributed by atoms with Gasteiger partial charge in [0.25, 0.3) is 5.91 Å². The average Bonchev–Trinajstić information content (AvgIpc) is 2.35. The van der Waals surface area contributed by atoms with Crippen molar-refractivity contribution < 1.29 is 14.7 Å². The van der Waals surface area contributed by atoms with Crippen molar-refractivity contribution in [3.05, 3.63) is 29.8 Å². The van der Waals surface area contributed by atoms with Crippen molar-refractivity contribution in [2.45, 2.75) is 19.4 Å². The summed E-state index contributed by atoms with van der Waals surface area (Å²) < 4.78 is 0. The number of carbonyl (C=O) groups is 2. The zero-order chi connectivity index (χ0) is 13.7. The molecular weight excluding hydrogens is 232 g/mol. The van der Waals surface area contributed by atoms with Gasteiger partial charge < -0.3 is 15.3 Å². The summed E-state index contributed by atoms with van der Waals surface area (Å²) in [6.07, 6.45) is 0.358. The molecule has 5 heteroatoms. The van der Waals surface area contributed by atoms with Crippen molar-refractivity contribution in [1.29, 1.82) is 0 Å². The van der Waals surface area contributed by atoms with Crippen molar-refractivity contribution in [1.82, 2.24) is 5.32 Å². The third-order valence-corrected chi connectivity index (χ3v) is 2.66. The first-order chi connectivity index (χ1) is 8.45. The van der Waals surface area contributed by atoms with Crippen molar-refractivity contribution >= 4 is 17.6 Å². The Bertz CT molecular complexity index is 426. The molecule has 18 heavy (non-hydrogen) atoms. The Hall–Kier alpha value is -2.04. The molecule has 1 atom stereocenters. The number of carbonyl (C=O) groups excluding carboxylic acids is 1. The van der Waals surface area contributed by atoms with Gasteiger partial charge in [-0.2, -0.15) is 0 Å². The molecule has 0 fully saturated rings. The molecule has 0 heterocycles. The van der Waals surface area contributed by atoms with Gasteiger partial charge >= 0.3 is 5.97 Å². The van der Waals surface area contributed by atoms with Crippen LogP contribution in [0.15, 0.2) is 24.3 Å². The number of carboxylic acid groups (broad SMARTS) is 1. The van der Waals surface area contributed by atoms with Crippen LogP contribution in [0.3, 0.4) is 0 Å². The fraction of sp³-hybridized carbons (Fsp3) is 0.385. The van der Waals surface area contributed by atoms with Crippen LogP contribution in [-0.2, 0) is 4.79 Å². The van der Waals surface area contributed by atoms with Gasteiger partial charge in [0.2, 0.25) is 0 Å². The van der Waals surface area contributed by atoms with Crippen LogP contribution >= 0.6 is 0 Å². The van der Waals surface area contributed by atoms with Crippen LogP contribution in [0.1, 0.15) is 23.7 Å². The molecule has 1 amide bonds. The molecule has 0 saturated carbocycles. The quantitative estimate of drug-likeness (QED) is 0.827. The van der Waals surface area contributed by atoms with Gasteiger partial charge in [0, 0.05) is 25.3 Å². The number of hydrogen-bond acceptors (Lipinski definition) is 3. The molecule has 0 aliphatic heterocycles. The minimum absolute atomic E-state index is 0.358. The molecule has 0 spiro atoms. The Morgan fingerprint density at radius 2 is 1.83 bits per heavy atom. The summed E-state index contributed by atoms with van der Waals surface area (Å²) in [7, 11) is 3.82. The van der Waals surface area contributed by atoms with E-state index >= 15 is 0 Å². The molecule has 1 aromatic carbocycles. The van der Waals surface area contributed by atoms with E-state index in [9.17, 15) is 9.59 Å². The lowest BCUT2D eigenvalue weighted by atomic mass is 10.1. The van der Waals surface area contributed by atoms with Gasteiger partial charge in [0.05, 0.1) is 0 Å². The number of aliphatic carboxylic acids is 1. The standard InChI is InChI=1S/C13H18N2O3/c1-4-11(13(17)18)14-12(16)9-5-7-10(8-6-9)15(2)3/h5-8,11H,4H2,1-3H3,(H,14,16)(H,17,18). The molecular formula is C13H18N2O3. The summed E-state index contributed by atoms with van der Waals surface area (Å²) in [5, 5.41) is 11.3. The molecule has 0 radical (unpaired) electrons. The van der Waals surface area contributed by atoms with E-state index in [1.54, 1.807) is 19.1 Å². The van der Waals surface area contributed by atoms with Crippen LogP contribution < -0.4 is 10.2 Å². The Morgan fingerprint density at radius 3 is 2.22 bits per heavy atom. The molecule has 0 aliphatic rings. The smallest absolute Gasteiger partial charge is 0.326 e. The Kier molecular flexibility index (Phi) is 4.71. The van der Waals surface area contributed by atoms with E-state index < -0.39 is 12.0 Å². The monoisotopic (exact) mass is 250 g/mol. The second kappa shape index (κ2) is 6.05. The predicted molar refractivity (Wildman–Crippen MR) is 70.0 cm³/mol. The molecule has 0 aliphatic carbocycles. The minimum atomic E-state index is -1.02. The zero-order valence-electron chi connectivity index (χ0n) is 10.8. The Balaban J connectivity index is 2.75. The molecule has 0 saturated heterocycles. The summed E-state index contributed by atoms with van der Waals surface area (Å²) >= 11 is 0. The first-order valence-corrected chi connectivity index (χ1v) is 5.76. The Morgan fingerprint density at radius 1 is 1.28 bits per heavy atom. The fourth-order valence-electron chi connectivity index (χ4n) is 1.49. The van der Waals surface area contributed by atoms with Gasteiger partial charge in [-0.3, -0.25) is 4.79 Å². The third-order valence-electron chi connectivity index (χ3n) is 2.66. The number of benzene rings is 1. The van der Waals surface area contributed by atoms with Crippen molar-refractivity contribution in [3.63, 3.8) is 0 Å². The molecule has 0 aromatic heterocycles. The number of anilines is 1. The molecule has 2 N–H and O–H groups in total. The average molecular weight is 250 g/mol. The first kappa shape index (κ1) is 14.0. The second-order valence-corrected chi connectivity index (χ2v) is 4.21. The van der Waals surface area contributed by atoms with Crippen LogP contribution in [0.5, 0.6) is 0 Å². The molecule has 5 nitrogen and oxygen atoms in total. The normalized spacial score (nSPS) is 11.7. The second-order valence-electron chi connectivity index (χ2n) is 4.21. The summed E-state index contributed by atoms with van der Waals surface area (Å²) in [5.41, 5.74) is 1.44. The van der Waals surface area contributed by atoms with E-state index in [4.69, 9.17) is 5.11 Å². The number of nitrogens with one attached hydrogen (secondary N) is 1. The Labute approximate surface area is 106 Å². The number of rotatable bonds is 5. The number of hydrogen-bond donors (Lipinski definition) is 2. The summed E-state index contributed by atoms with van der Waals surface area (Å²) in [6.45, 7) is 1.72. The van der Waals surface area contributed by atoms with Crippen molar-refractivity contribution in [2.75, 3.05) is 19.0 Å². The van der Waals surface area contributed by atoms with Crippen LogP contribution in [0.4, 0.5) is 5.69 Å². The predicted octanol–water partition coefficient (Wildman–Crippen LogP) is 1.35. The summed E-state index contributed by atoms with van der Waals surface area (Å²) in [5.74, 6) is -1.38. The third kappa shape index (κ3) is 3.48. The van der Waals surface area contributed by atoms with Crippen LogP contribution in [0.2, 0.25) is 0 Å². The maximum absolute atomic E-state index is 11.8. The molecule has 98 valence electrons. The van der Waals surface area contributed by atoms with Gasteiger partial charge in [0.15, 0.2) is 0 Å². The first-order valence-electron chi connectivity index (χ1n) is 5.76. The lowest BCUT2D eigenvalue weighted by Gasteiger charge is -2.14. The van der Waals surface area contributed by atoms with E-state index in [1.807, 2.05) is 31.1 Å². The highest BCUT2D eigenvalue weighted by Crippen LogP contribution is 2.12. The van der Waals surface area contributed by atoms with Gasteiger partial charge in [-0.15, -0.1) is 0 Å². The molecule has 1 rings (SSSR count). The molecule has 0 bridgehead atoms. The van der Waals surface area contributed by atoms with Crippen molar-refractivity contribution in [3.8, 4) is 0 Å². The van der Waals surface area contributed by atoms with E-state index in [2.05, 4.69) is 5.32 Å². The van der Waals surface area contributed by atoms with Crippen LogP contribution in [0.25, 0.3) is 0 Å². The molecule has 1 unspecified atom stereocenters. The van der Waals surface area contributed by atoms with Crippen molar-refractivity contribution in [2.24, 2.45) is 0 Å². The number of amides is 1. The van der Waals surface area contributed by atoms with E-state index in [0.717, 1.165) is 5.69 Å². The van der Waals surface area contributed by atoms with Crippen LogP contribution in [-0.4, -0.2) is 37.1 Å². The summed E-state index contributed by atoms with van der Waals surface area (Å²) in [4.78, 5) is 24.6. The maximum atomic E-state index is 11.8. The van der Waals surface area contributed by atoms with Gasteiger partial charge in [-0.25, -0.2) is 4.79 Å². The highest BCUT2D eigenvalue weighted by molar-refractivity contribution is 5.96. The summed E-state index contributed by atoms with van der Waals surface area (Å²) in [6, 6.07) is 6.15. The van der Waals surface area contributed by atoms with E-state index in [1.165, 1.54) is 0 Å². The molecule has 1 aromatic rings. The number of carboxylic acids is 1. The lowest BCUT2D eigenvalue weighted by Crippen LogP contribution is -2.40. The van der Waals surface area contributed by atoms with Crippen LogP contribution in [0, 0.1) is 0 Å². The van der Waals surface area contributed by atoms with E-state index in [0.29, 0.717) is 12.0 Å². The fourth-order valence-corrected chi connectivity index (χ4v) is 1.49. The lowest BCUT2D eigenvalue weighted by molar-refractivity contribution is -0.139. The zero-order valence-corrected chi connectivity index (χ0v) is 10.8. The highest BCUT2D eigenvalue weighted by atomic mass is 16.4. The highest BCUT2D eigenvalue weighted by Gasteiger charge is 2.18. The van der Waals surface area contributed by atoms with Gasteiger partial charge in [-0.05, 0) is 30.7 Å². The SMILES string of the molecule is CCC(NC(=O)c1ccc(N(C)C)cc1)C(=O)O. The number of nitrogens with zero attached hydrogens (tertiary/aromatic N) is 1. The minimum Gasteiger partial charge on any atom is -0.480 e.